The maximum absolute atomic E-state index is 12.2. The first kappa shape index (κ1) is 22.2. The van der Waals surface area contributed by atoms with Gasteiger partial charge in [-0.3, -0.25) is 4.79 Å². The Labute approximate surface area is 182 Å². The molecule has 0 unspecified atom stereocenters. The van der Waals surface area contributed by atoms with E-state index >= 15 is 0 Å². The van der Waals surface area contributed by atoms with E-state index in [9.17, 15) is 19.7 Å². The predicted octanol–water partition coefficient (Wildman–Crippen LogP) is 2.48. The number of carbonyl (C=O) groups excluding carboxylic acids is 2. The topological polar surface area (TPSA) is 138 Å². The third-order valence-electron chi connectivity index (χ3n) is 4.25. The van der Waals surface area contributed by atoms with E-state index in [-0.39, 0.29) is 18.1 Å². The number of hydrazone groups is 1. The molecule has 0 aliphatic carbocycles. The molecule has 0 aliphatic heterocycles. The molecule has 32 heavy (non-hydrogen) atoms. The average Bonchev–Trinajstić information content (AvgIpc) is 3.15. The van der Waals surface area contributed by atoms with Crippen LogP contribution in [-0.2, 0) is 11.3 Å². The van der Waals surface area contributed by atoms with Gasteiger partial charge in [0.1, 0.15) is 6.54 Å². The van der Waals surface area contributed by atoms with E-state index in [2.05, 4.69) is 15.6 Å². The largest absolute Gasteiger partial charge is 0.493 e. The number of carbonyl (C=O) groups is 2. The van der Waals surface area contributed by atoms with Crippen LogP contribution in [0.1, 0.15) is 21.6 Å². The summed E-state index contributed by atoms with van der Waals surface area (Å²) in [7, 11) is 1.43. The average molecular weight is 437 g/mol. The summed E-state index contributed by atoms with van der Waals surface area (Å²) in [6, 6.07) is 14.6. The van der Waals surface area contributed by atoms with E-state index in [0.29, 0.717) is 22.6 Å². The van der Waals surface area contributed by atoms with Crippen LogP contribution in [0.5, 0.6) is 11.5 Å². The van der Waals surface area contributed by atoms with Gasteiger partial charge in [-0.2, -0.15) is 9.78 Å². The minimum absolute atomic E-state index is 0.227. The molecule has 2 aromatic carbocycles. The van der Waals surface area contributed by atoms with Gasteiger partial charge in [0.2, 0.25) is 0 Å². The Morgan fingerprint density at radius 2 is 1.94 bits per heavy atom. The van der Waals surface area contributed by atoms with Gasteiger partial charge in [0.05, 0.1) is 35.7 Å². The number of methoxy groups -OCH3 is 1. The van der Waals surface area contributed by atoms with Crippen molar-refractivity contribution in [3.8, 4) is 11.5 Å². The normalized spacial score (nSPS) is 10.7. The summed E-state index contributed by atoms with van der Waals surface area (Å²) >= 11 is 0. The van der Waals surface area contributed by atoms with Crippen LogP contribution in [0.3, 0.4) is 0 Å². The van der Waals surface area contributed by atoms with Gasteiger partial charge in [0, 0.05) is 0 Å². The van der Waals surface area contributed by atoms with Crippen molar-refractivity contribution in [1.29, 1.82) is 0 Å². The fraction of sp³-hybridized carbons (Fsp3) is 0.143. The Balaban J connectivity index is 1.61. The molecule has 164 valence electrons. The van der Waals surface area contributed by atoms with E-state index in [1.165, 1.54) is 24.1 Å². The minimum atomic E-state index is -0.631. The lowest BCUT2D eigenvalue weighted by Crippen LogP contribution is -2.24. The van der Waals surface area contributed by atoms with Crippen molar-refractivity contribution in [2.45, 2.75) is 13.5 Å². The van der Waals surface area contributed by atoms with Gasteiger partial charge >= 0.3 is 11.8 Å². The number of hydrogen-bond acceptors (Lipinski definition) is 8. The lowest BCUT2D eigenvalue weighted by molar-refractivity contribution is -0.389. The maximum atomic E-state index is 12.2. The summed E-state index contributed by atoms with van der Waals surface area (Å²) < 4.78 is 11.9. The van der Waals surface area contributed by atoms with Gasteiger partial charge in [-0.05, 0) is 47.7 Å². The molecule has 1 N–H and O–H groups in total. The summed E-state index contributed by atoms with van der Waals surface area (Å²) in [5.41, 5.74) is 3.78. The third kappa shape index (κ3) is 5.53. The molecule has 0 saturated carbocycles. The number of nitrogens with zero attached hydrogens (tertiary/aromatic N) is 4. The summed E-state index contributed by atoms with van der Waals surface area (Å²) in [6.07, 6.45) is 1.38. The number of nitrogens with one attached hydrogen (secondary N) is 1. The van der Waals surface area contributed by atoms with Crippen molar-refractivity contribution in [2.24, 2.45) is 5.10 Å². The van der Waals surface area contributed by atoms with E-state index in [1.54, 1.807) is 55.5 Å². The quantitative estimate of drug-likeness (QED) is 0.188. The first-order valence-electron chi connectivity index (χ1n) is 9.33. The molecule has 1 aromatic heterocycles. The van der Waals surface area contributed by atoms with Crippen LogP contribution in [0.25, 0.3) is 0 Å². The van der Waals surface area contributed by atoms with Crippen molar-refractivity contribution in [2.75, 3.05) is 7.11 Å². The lowest BCUT2D eigenvalue weighted by atomic mass is 10.2. The molecule has 1 amide bonds. The van der Waals surface area contributed by atoms with E-state index in [4.69, 9.17) is 9.47 Å². The van der Waals surface area contributed by atoms with Crippen molar-refractivity contribution in [1.82, 2.24) is 15.2 Å². The Morgan fingerprint density at radius 1 is 1.19 bits per heavy atom. The lowest BCUT2D eigenvalue weighted by Gasteiger charge is -2.10. The Kier molecular flexibility index (Phi) is 6.91. The number of esters is 1. The highest BCUT2D eigenvalue weighted by atomic mass is 16.6. The van der Waals surface area contributed by atoms with Crippen molar-refractivity contribution in [3.05, 3.63) is 81.5 Å². The van der Waals surface area contributed by atoms with E-state index in [1.807, 2.05) is 0 Å². The van der Waals surface area contributed by atoms with Crippen molar-refractivity contribution in [3.63, 3.8) is 0 Å². The number of rotatable bonds is 8. The molecule has 0 spiro atoms. The number of nitro groups is 1. The summed E-state index contributed by atoms with van der Waals surface area (Å²) in [6.45, 7) is 1.38. The van der Waals surface area contributed by atoms with Crippen molar-refractivity contribution >= 4 is 23.9 Å². The molecule has 11 heteroatoms. The van der Waals surface area contributed by atoms with E-state index in [0.717, 1.165) is 0 Å². The van der Waals surface area contributed by atoms with Crippen LogP contribution < -0.4 is 14.9 Å². The van der Waals surface area contributed by atoms with Crippen LogP contribution in [0, 0.1) is 17.0 Å². The molecule has 1 heterocycles. The summed E-state index contributed by atoms with van der Waals surface area (Å²) in [4.78, 5) is 34.4. The van der Waals surface area contributed by atoms with Crippen LogP contribution in [0.2, 0.25) is 0 Å². The molecule has 0 radical (unpaired) electrons. The molecule has 0 aliphatic rings. The summed E-state index contributed by atoms with van der Waals surface area (Å²) in [5, 5.41) is 18.4. The second-order valence-electron chi connectivity index (χ2n) is 6.52. The fourth-order valence-electron chi connectivity index (χ4n) is 2.67. The maximum Gasteiger partial charge on any atom is 0.390 e. The second-order valence-corrected chi connectivity index (χ2v) is 6.52. The predicted molar refractivity (Wildman–Crippen MR) is 114 cm³/mol. The molecular weight excluding hydrogens is 418 g/mol. The Hall–Kier alpha value is -4.54. The molecule has 11 nitrogen and oxygen atoms in total. The molecule has 0 atom stereocenters. The number of aromatic nitrogens is 2. The number of ether oxygens (including phenoxy) is 2. The summed E-state index contributed by atoms with van der Waals surface area (Å²) in [5.74, 6) is -0.823. The molecule has 3 aromatic rings. The SMILES string of the molecule is COc1cc(/C=N\NC(=O)Cn2nc([N+](=O)[O-])cc2C)ccc1OC(=O)c1ccccc1. The number of aryl methyl sites for hydroxylation is 1. The van der Waals surface area contributed by atoms with Gasteiger partial charge in [-0.25, -0.2) is 10.2 Å². The van der Waals surface area contributed by atoms with Gasteiger partial charge in [0.25, 0.3) is 5.91 Å². The first-order valence-corrected chi connectivity index (χ1v) is 9.33. The Morgan fingerprint density at radius 3 is 2.59 bits per heavy atom. The highest BCUT2D eigenvalue weighted by Gasteiger charge is 2.17. The smallest absolute Gasteiger partial charge is 0.390 e. The molecule has 0 fully saturated rings. The zero-order chi connectivity index (χ0) is 23.1. The van der Waals surface area contributed by atoms with Crippen LogP contribution in [0.4, 0.5) is 5.82 Å². The van der Waals surface area contributed by atoms with Gasteiger partial charge in [-0.15, -0.1) is 0 Å². The van der Waals surface area contributed by atoms with Crippen LogP contribution in [0.15, 0.2) is 59.7 Å². The highest BCUT2D eigenvalue weighted by molar-refractivity contribution is 5.91. The first-order chi connectivity index (χ1) is 15.4. The standard InChI is InChI=1S/C21H19N5O6/c1-14-10-19(26(29)30)24-25(14)13-20(27)23-22-12-15-8-9-17(18(11-15)31-2)32-21(28)16-6-4-3-5-7-16/h3-12H,13H2,1-2H3,(H,23,27)/b22-12-. The molecule has 0 saturated heterocycles. The van der Waals surface area contributed by atoms with Gasteiger partial charge in [0.15, 0.2) is 11.5 Å². The fourth-order valence-corrected chi connectivity index (χ4v) is 2.67. The third-order valence-corrected chi connectivity index (χ3v) is 4.25. The second kappa shape index (κ2) is 9.98. The zero-order valence-corrected chi connectivity index (χ0v) is 17.2. The van der Waals surface area contributed by atoms with Crippen LogP contribution >= 0.6 is 0 Å². The van der Waals surface area contributed by atoms with E-state index < -0.39 is 16.8 Å². The number of amides is 1. The number of benzene rings is 2. The molecule has 3 rings (SSSR count). The number of hydrogen-bond donors (Lipinski definition) is 1. The monoisotopic (exact) mass is 437 g/mol. The highest BCUT2D eigenvalue weighted by Crippen LogP contribution is 2.28. The van der Waals surface area contributed by atoms with Gasteiger partial charge in [-0.1, -0.05) is 18.2 Å². The molecule has 0 bridgehead atoms. The zero-order valence-electron chi connectivity index (χ0n) is 17.2. The Bertz CT molecular complexity index is 1170. The van der Waals surface area contributed by atoms with Crippen molar-refractivity contribution < 1.29 is 24.0 Å². The molecular formula is C21H19N5O6. The van der Waals surface area contributed by atoms with Crippen LogP contribution in [-0.4, -0.2) is 39.9 Å². The minimum Gasteiger partial charge on any atom is -0.493 e. The van der Waals surface area contributed by atoms with Gasteiger partial charge < -0.3 is 19.6 Å².